The predicted octanol–water partition coefficient (Wildman–Crippen LogP) is 1.52. The third kappa shape index (κ3) is 8.34. The summed E-state index contributed by atoms with van der Waals surface area (Å²) in [4.78, 5) is 5.84. The van der Waals surface area contributed by atoms with Gasteiger partial charge in [-0.1, -0.05) is 13.0 Å². The molecule has 0 amide bonds. The van der Waals surface area contributed by atoms with Crippen LogP contribution in [0.3, 0.4) is 0 Å². The molecule has 8 heteroatoms. The number of hydrogen-bond donors (Lipinski definition) is 2. The van der Waals surface area contributed by atoms with Crippen LogP contribution in [0.1, 0.15) is 25.1 Å². The fraction of sp³-hybridized carbons (Fsp3) is 0.667. The van der Waals surface area contributed by atoms with Gasteiger partial charge in [-0.25, -0.2) is 12.7 Å². The molecule has 0 saturated carbocycles. The first-order valence-electron chi connectivity index (χ1n) is 7.97. The van der Waals surface area contributed by atoms with Crippen molar-refractivity contribution in [2.75, 3.05) is 39.0 Å². The second-order valence-electron chi connectivity index (χ2n) is 5.13. The molecule has 132 valence electrons. The summed E-state index contributed by atoms with van der Waals surface area (Å²) < 4.78 is 24.5. The van der Waals surface area contributed by atoms with E-state index in [0.29, 0.717) is 26.1 Å². The zero-order valence-electron chi connectivity index (χ0n) is 14.2. The monoisotopic (exact) mass is 360 g/mol. The molecule has 0 unspecified atom stereocenters. The van der Waals surface area contributed by atoms with Crippen LogP contribution in [0.15, 0.2) is 22.5 Å². The Morgan fingerprint density at radius 3 is 2.70 bits per heavy atom. The van der Waals surface area contributed by atoms with Crippen molar-refractivity contribution in [3.8, 4) is 0 Å². The molecule has 1 rings (SSSR count). The number of sulfonamides is 1. The standard InChI is InChI=1S/C15H28N4O2S2/c1-4-16-15(18-11-9-14-8-6-13-22-14)17-10-7-12-19(5-2)23(3,20)21/h6,8,13H,4-5,7,9-12H2,1-3H3,(H2,16,17,18). The summed E-state index contributed by atoms with van der Waals surface area (Å²) >= 11 is 1.75. The van der Waals surface area contributed by atoms with Crippen molar-refractivity contribution >= 4 is 27.3 Å². The lowest BCUT2D eigenvalue weighted by Gasteiger charge is -2.17. The molecule has 0 atom stereocenters. The number of thiophene rings is 1. The first-order chi connectivity index (χ1) is 11.0. The molecule has 0 radical (unpaired) electrons. The van der Waals surface area contributed by atoms with Gasteiger partial charge >= 0.3 is 0 Å². The van der Waals surface area contributed by atoms with Crippen LogP contribution >= 0.6 is 11.3 Å². The van der Waals surface area contributed by atoms with Crippen LogP contribution in [0.5, 0.6) is 0 Å². The lowest BCUT2D eigenvalue weighted by molar-refractivity contribution is 0.427. The molecule has 0 aromatic carbocycles. The van der Waals surface area contributed by atoms with Crippen LogP contribution in [0.4, 0.5) is 0 Å². The van der Waals surface area contributed by atoms with Gasteiger partial charge in [0.25, 0.3) is 0 Å². The van der Waals surface area contributed by atoms with E-state index in [1.807, 2.05) is 13.8 Å². The first kappa shape index (κ1) is 19.9. The molecule has 23 heavy (non-hydrogen) atoms. The van der Waals surface area contributed by atoms with Crippen molar-refractivity contribution in [3.05, 3.63) is 22.4 Å². The second kappa shape index (κ2) is 10.6. The fourth-order valence-corrected chi connectivity index (χ4v) is 3.74. The smallest absolute Gasteiger partial charge is 0.211 e. The van der Waals surface area contributed by atoms with E-state index in [1.165, 1.54) is 15.4 Å². The number of aliphatic imine (C=N–C) groups is 1. The Morgan fingerprint density at radius 1 is 1.35 bits per heavy atom. The van der Waals surface area contributed by atoms with E-state index in [9.17, 15) is 8.42 Å². The summed E-state index contributed by atoms with van der Waals surface area (Å²) in [6, 6.07) is 4.18. The summed E-state index contributed by atoms with van der Waals surface area (Å²) in [6.07, 6.45) is 2.93. The van der Waals surface area contributed by atoms with Gasteiger partial charge in [0, 0.05) is 37.6 Å². The molecular weight excluding hydrogens is 332 g/mol. The van der Waals surface area contributed by atoms with Gasteiger partial charge in [-0.05, 0) is 31.2 Å². The molecule has 1 aromatic rings. The number of rotatable bonds is 10. The summed E-state index contributed by atoms with van der Waals surface area (Å²) in [5.74, 6) is 0.784. The van der Waals surface area contributed by atoms with Crippen LogP contribution in [0, 0.1) is 0 Å². The van der Waals surface area contributed by atoms with Crippen molar-refractivity contribution < 1.29 is 8.42 Å². The zero-order valence-corrected chi connectivity index (χ0v) is 15.8. The minimum atomic E-state index is -3.11. The second-order valence-corrected chi connectivity index (χ2v) is 8.14. The van der Waals surface area contributed by atoms with Crippen LogP contribution in [-0.4, -0.2) is 57.7 Å². The topological polar surface area (TPSA) is 73.8 Å². The average molecular weight is 361 g/mol. The van der Waals surface area contributed by atoms with E-state index in [1.54, 1.807) is 11.3 Å². The van der Waals surface area contributed by atoms with Crippen molar-refractivity contribution in [1.82, 2.24) is 14.9 Å². The summed E-state index contributed by atoms with van der Waals surface area (Å²) in [7, 11) is -3.11. The fourth-order valence-electron chi connectivity index (χ4n) is 2.10. The van der Waals surface area contributed by atoms with Gasteiger partial charge in [0.05, 0.1) is 6.26 Å². The number of guanidine groups is 1. The van der Waals surface area contributed by atoms with Crippen molar-refractivity contribution in [2.24, 2.45) is 4.99 Å². The van der Waals surface area contributed by atoms with Crippen LogP contribution < -0.4 is 10.6 Å². The molecule has 0 spiro atoms. The average Bonchev–Trinajstić information content (AvgIpc) is 2.99. The molecule has 0 aliphatic carbocycles. The lowest BCUT2D eigenvalue weighted by Crippen LogP contribution is -2.38. The van der Waals surface area contributed by atoms with Gasteiger partial charge in [0.2, 0.25) is 10.0 Å². The normalized spacial score (nSPS) is 12.6. The van der Waals surface area contributed by atoms with E-state index in [0.717, 1.165) is 25.5 Å². The highest BCUT2D eigenvalue weighted by Crippen LogP contribution is 2.07. The Labute approximate surface area is 144 Å². The van der Waals surface area contributed by atoms with Crippen LogP contribution in [-0.2, 0) is 16.4 Å². The summed E-state index contributed by atoms with van der Waals surface area (Å²) in [6.45, 7) is 7.11. The highest BCUT2D eigenvalue weighted by Gasteiger charge is 2.12. The molecule has 6 nitrogen and oxygen atoms in total. The minimum Gasteiger partial charge on any atom is -0.357 e. The number of hydrogen-bond acceptors (Lipinski definition) is 4. The van der Waals surface area contributed by atoms with Crippen molar-refractivity contribution in [3.63, 3.8) is 0 Å². The van der Waals surface area contributed by atoms with Crippen LogP contribution in [0.25, 0.3) is 0 Å². The van der Waals surface area contributed by atoms with Crippen molar-refractivity contribution in [1.29, 1.82) is 0 Å². The third-order valence-corrected chi connectivity index (χ3v) is 5.56. The Kier molecular flexibility index (Phi) is 9.20. The third-order valence-electron chi connectivity index (χ3n) is 3.25. The Hall–Kier alpha value is -1.12. The number of nitrogens with zero attached hydrogens (tertiary/aromatic N) is 2. The maximum absolute atomic E-state index is 11.5. The van der Waals surface area contributed by atoms with E-state index >= 15 is 0 Å². The molecule has 0 aliphatic rings. The highest BCUT2D eigenvalue weighted by molar-refractivity contribution is 7.88. The Bertz CT molecular complexity index is 556. The maximum Gasteiger partial charge on any atom is 0.211 e. The quantitative estimate of drug-likeness (QED) is 0.377. The van der Waals surface area contributed by atoms with Gasteiger partial charge in [0.1, 0.15) is 0 Å². The molecule has 0 fully saturated rings. The van der Waals surface area contributed by atoms with E-state index in [-0.39, 0.29) is 0 Å². The largest absolute Gasteiger partial charge is 0.357 e. The lowest BCUT2D eigenvalue weighted by atomic mass is 10.3. The molecule has 1 heterocycles. The molecule has 0 bridgehead atoms. The van der Waals surface area contributed by atoms with Crippen LogP contribution in [0.2, 0.25) is 0 Å². The Morgan fingerprint density at radius 2 is 2.13 bits per heavy atom. The zero-order chi connectivity index (χ0) is 17.1. The maximum atomic E-state index is 11.5. The van der Waals surface area contributed by atoms with Gasteiger partial charge in [-0.15, -0.1) is 11.3 Å². The summed E-state index contributed by atoms with van der Waals surface area (Å²) in [5.41, 5.74) is 0. The van der Waals surface area contributed by atoms with Gasteiger partial charge in [0.15, 0.2) is 5.96 Å². The summed E-state index contributed by atoms with van der Waals surface area (Å²) in [5, 5.41) is 8.59. The van der Waals surface area contributed by atoms with E-state index in [4.69, 9.17) is 0 Å². The molecular formula is C15H28N4O2S2. The Balaban J connectivity index is 2.36. The SMILES string of the molecule is CCNC(=NCCCN(CC)S(C)(=O)=O)NCCc1cccs1. The molecule has 1 aromatic heterocycles. The first-order valence-corrected chi connectivity index (χ1v) is 10.7. The van der Waals surface area contributed by atoms with Gasteiger partial charge in [-0.2, -0.15) is 0 Å². The highest BCUT2D eigenvalue weighted by atomic mass is 32.2. The molecule has 0 saturated heterocycles. The predicted molar refractivity (Wildman–Crippen MR) is 98.7 cm³/mol. The molecule has 0 aliphatic heterocycles. The van der Waals surface area contributed by atoms with E-state index < -0.39 is 10.0 Å². The van der Waals surface area contributed by atoms with Crippen molar-refractivity contribution in [2.45, 2.75) is 26.7 Å². The van der Waals surface area contributed by atoms with Gasteiger partial charge in [-0.3, -0.25) is 4.99 Å². The minimum absolute atomic E-state index is 0.502. The van der Waals surface area contributed by atoms with Gasteiger partial charge < -0.3 is 10.6 Å². The van der Waals surface area contributed by atoms with E-state index in [2.05, 4.69) is 33.1 Å². The molecule has 2 N–H and O–H groups in total. The number of nitrogens with one attached hydrogen (secondary N) is 2.